The van der Waals surface area contributed by atoms with E-state index in [2.05, 4.69) is 49.9 Å². The van der Waals surface area contributed by atoms with E-state index in [1.807, 2.05) is 0 Å². The Morgan fingerprint density at radius 1 is 1.15 bits per heavy atom. The molecule has 1 fully saturated rings. The van der Waals surface area contributed by atoms with E-state index >= 15 is 0 Å². The van der Waals surface area contributed by atoms with Gasteiger partial charge in [-0.3, -0.25) is 4.98 Å². The lowest BCUT2D eigenvalue weighted by Crippen LogP contribution is -2.17. The van der Waals surface area contributed by atoms with Gasteiger partial charge in [-0.25, -0.2) is 0 Å². The number of aromatic nitrogens is 1. The molecule has 0 radical (unpaired) electrons. The van der Waals surface area contributed by atoms with Crippen LogP contribution < -0.4 is 4.90 Å². The van der Waals surface area contributed by atoms with Gasteiger partial charge in [0.05, 0.1) is 5.52 Å². The third kappa shape index (κ3) is 2.65. The molecule has 1 saturated heterocycles. The van der Waals surface area contributed by atoms with Crippen LogP contribution in [0.15, 0.2) is 24.3 Å². The average molecular weight is 268 g/mol. The molecule has 0 N–H and O–H groups in total. The number of hydrogen-bond acceptors (Lipinski definition) is 2. The van der Waals surface area contributed by atoms with Crippen molar-refractivity contribution in [3.8, 4) is 0 Å². The van der Waals surface area contributed by atoms with E-state index < -0.39 is 0 Å². The summed E-state index contributed by atoms with van der Waals surface area (Å²) in [5.41, 5.74) is 5.08. The van der Waals surface area contributed by atoms with Crippen LogP contribution in [-0.4, -0.2) is 18.1 Å². The van der Waals surface area contributed by atoms with Crippen LogP contribution >= 0.6 is 0 Å². The largest absolute Gasteiger partial charge is 0.372 e. The van der Waals surface area contributed by atoms with Crippen LogP contribution in [0.25, 0.3) is 10.9 Å². The molecule has 0 saturated carbocycles. The van der Waals surface area contributed by atoms with Crippen molar-refractivity contribution in [2.45, 2.75) is 40.0 Å². The van der Waals surface area contributed by atoms with E-state index in [9.17, 15) is 0 Å². The summed E-state index contributed by atoms with van der Waals surface area (Å²) in [6.45, 7) is 9.06. The first kappa shape index (κ1) is 13.4. The Kier molecular flexibility index (Phi) is 3.64. The Morgan fingerprint density at radius 2 is 1.90 bits per heavy atom. The van der Waals surface area contributed by atoms with Gasteiger partial charge in [0.1, 0.15) is 0 Å². The van der Waals surface area contributed by atoms with Crippen molar-refractivity contribution in [1.82, 2.24) is 4.98 Å². The average Bonchev–Trinajstić information content (AvgIpc) is 2.91. The van der Waals surface area contributed by atoms with E-state index in [0.29, 0.717) is 5.92 Å². The third-order valence-electron chi connectivity index (χ3n) is 4.11. The Morgan fingerprint density at radius 3 is 2.60 bits per heavy atom. The third-order valence-corrected chi connectivity index (χ3v) is 4.11. The van der Waals surface area contributed by atoms with Gasteiger partial charge >= 0.3 is 0 Å². The zero-order chi connectivity index (χ0) is 14.1. The maximum absolute atomic E-state index is 4.69. The highest BCUT2D eigenvalue weighted by atomic mass is 15.1. The van der Waals surface area contributed by atoms with E-state index in [4.69, 9.17) is 4.98 Å². The summed E-state index contributed by atoms with van der Waals surface area (Å²) in [4.78, 5) is 7.19. The molecule has 2 heteroatoms. The van der Waals surface area contributed by atoms with Crippen molar-refractivity contribution in [2.24, 2.45) is 5.92 Å². The molecule has 0 aliphatic carbocycles. The molecule has 0 bridgehead atoms. The fraction of sp³-hybridized carbons (Fsp3) is 0.500. The number of benzene rings is 1. The molecule has 1 aliphatic heterocycles. The van der Waals surface area contributed by atoms with Gasteiger partial charge in [0, 0.05) is 29.9 Å². The number of fused-ring (bicyclic) bond motifs is 1. The van der Waals surface area contributed by atoms with Gasteiger partial charge in [0.2, 0.25) is 0 Å². The van der Waals surface area contributed by atoms with Crippen molar-refractivity contribution >= 4 is 16.6 Å². The van der Waals surface area contributed by atoms with E-state index in [1.165, 1.54) is 42.6 Å². The van der Waals surface area contributed by atoms with Gasteiger partial charge in [-0.15, -0.1) is 0 Å². The van der Waals surface area contributed by atoms with Gasteiger partial charge < -0.3 is 4.90 Å². The fourth-order valence-electron chi connectivity index (χ4n) is 3.21. The van der Waals surface area contributed by atoms with Gasteiger partial charge in [-0.1, -0.05) is 13.8 Å². The smallest absolute Gasteiger partial charge is 0.0709 e. The molecule has 2 nitrogen and oxygen atoms in total. The Labute approximate surface area is 121 Å². The first-order valence-electron chi connectivity index (χ1n) is 7.79. The molecule has 0 unspecified atom stereocenters. The van der Waals surface area contributed by atoms with Gasteiger partial charge in [0.15, 0.2) is 0 Å². The molecule has 2 aromatic rings. The van der Waals surface area contributed by atoms with Crippen molar-refractivity contribution < 1.29 is 0 Å². The van der Waals surface area contributed by atoms with Crippen LogP contribution in [0, 0.1) is 12.8 Å². The second-order valence-corrected chi connectivity index (χ2v) is 6.42. The number of anilines is 1. The molecule has 1 aromatic carbocycles. The second-order valence-electron chi connectivity index (χ2n) is 6.42. The minimum atomic E-state index is 0.676. The first-order chi connectivity index (χ1) is 9.63. The molecular weight excluding hydrogens is 244 g/mol. The van der Waals surface area contributed by atoms with Crippen molar-refractivity contribution in [1.29, 1.82) is 0 Å². The normalized spacial score (nSPS) is 15.5. The zero-order valence-corrected chi connectivity index (χ0v) is 12.8. The molecule has 0 amide bonds. The van der Waals surface area contributed by atoms with Crippen LogP contribution in [0.1, 0.15) is 37.9 Å². The Bertz CT molecular complexity index is 610. The van der Waals surface area contributed by atoms with Crippen molar-refractivity contribution in [3.63, 3.8) is 0 Å². The summed E-state index contributed by atoms with van der Waals surface area (Å²) in [5, 5.41) is 1.34. The van der Waals surface area contributed by atoms with Gasteiger partial charge in [0.25, 0.3) is 0 Å². The highest BCUT2D eigenvalue weighted by Gasteiger charge is 2.14. The van der Waals surface area contributed by atoms with E-state index in [0.717, 1.165) is 17.6 Å². The first-order valence-corrected chi connectivity index (χ1v) is 7.79. The number of nitrogens with zero attached hydrogens (tertiary/aromatic N) is 2. The summed E-state index contributed by atoms with van der Waals surface area (Å²) in [5.74, 6) is 0.676. The molecule has 1 aliphatic rings. The monoisotopic (exact) mass is 268 g/mol. The maximum Gasteiger partial charge on any atom is 0.0709 e. The van der Waals surface area contributed by atoms with Crippen LogP contribution in [0.5, 0.6) is 0 Å². The second kappa shape index (κ2) is 5.43. The summed E-state index contributed by atoms with van der Waals surface area (Å²) in [6, 6.07) is 9.04. The molecule has 0 atom stereocenters. The molecule has 1 aromatic heterocycles. The molecule has 0 spiro atoms. The minimum absolute atomic E-state index is 0.676. The lowest BCUT2D eigenvalue weighted by atomic mass is 9.98. The topological polar surface area (TPSA) is 16.1 Å². The highest BCUT2D eigenvalue weighted by Crippen LogP contribution is 2.28. The van der Waals surface area contributed by atoms with Crippen LogP contribution in [0.3, 0.4) is 0 Å². The molecule has 2 heterocycles. The number of aryl methyl sites for hydroxylation is 1. The number of hydrogen-bond donors (Lipinski definition) is 0. The van der Waals surface area contributed by atoms with Crippen molar-refractivity contribution in [3.05, 3.63) is 35.5 Å². The predicted molar refractivity (Wildman–Crippen MR) is 86.5 cm³/mol. The maximum atomic E-state index is 4.69. The summed E-state index contributed by atoms with van der Waals surface area (Å²) >= 11 is 0. The van der Waals surface area contributed by atoms with Gasteiger partial charge in [-0.05, 0) is 61.9 Å². The lowest BCUT2D eigenvalue weighted by Gasteiger charge is -2.19. The molecular formula is C18H24N2. The molecule has 106 valence electrons. The SMILES string of the molecule is Cc1cc(CC(C)C)c2cc(N3CCCC3)ccc2n1. The van der Waals surface area contributed by atoms with Gasteiger partial charge in [-0.2, -0.15) is 0 Å². The zero-order valence-electron chi connectivity index (χ0n) is 12.8. The lowest BCUT2D eigenvalue weighted by molar-refractivity contribution is 0.649. The van der Waals surface area contributed by atoms with Crippen LogP contribution in [-0.2, 0) is 6.42 Å². The standard InChI is InChI=1S/C18H24N2/c1-13(2)10-15-11-14(3)19-18-7-6-16(12-17(15)18)20-8-4-5-9-20/h6-7,11-13H,4-5,8-10H2,1-3H3. The predicted octanol–water partition coefficient (Wildman–Crippen LogP) is 4.34. The number of pyridine rings is 1. The molecule has 20 heavy (non-hydrogen) atoms. The quantitative estimate of drug-likeness (QED) is 0.823. The van der Waals surface area contributed by atoms with Crippen LogP contribution in [0.2, 0.25) is 0 Å². The minimum Gasteiger partial charge on any atom is -0.372 e. The Hall–Kier alpha value is -1.57. The van der Waals surface area contributed by atoms with Crippen molar-refractivity contribution in [2.75, 3.05) is 18.0 Å². The van der Waals surface area contributed by atoms with E-state index in [1.54, 1.807) is 0 Å². The molecule has 3 rings (SSSR count). The summed E-state index contributed by atoms with van der Waals surface area (Å²) < 4.78 is 0. The van der Waals surface area contributed by atoms with E-state index in [-0.39, 0.29) is 0 Å². The number of rotatable bonds is 3. The highest BCUT2D eigenvalue weighted by molar-refractivity contribution is 5.86. The van der Waals surface area contributed by atoms with Crippen LogP contribution in [0.4, 0.5) is 5.69 Å². The summed E-state index contributed by atoms with van der Waals surface area (Å²) in [7, 11) is 0. The fourth-order valence-corrected chi connectivity index (χ4v) is 3.21. The Balaban J connectivity index is 2.08. The summed E-state index contributed by atoms with van der Waals surface area (Å²) in [6.07, 6.45) is 3.77.